The largest absolute Gasteiger partial charge is 0.351 e. The van der Waals surface area contributed by atoms with Crippen LogP contribution < -0.4 is 16.2 Å². The van der Waals surface area contributed by atoms with Crippen molar-refractivity contribution in [2.24, 2.45) is 10.9 Å². The second kappa shape index (κ2) is 6.48. The highest BCUT2D eigenvalue weighted by Crippen LogP contribution is 2.04. The molecule has 0 atom stereocenters. The molecule has 0 aromatic heterocycles. The zero-order chi connectivity index (χ0) is 13.6. The van der Waals surface area contributed by atoms with Crippen LogP contribution in [0.4, 0.5) is 0 Å². The van der Waals surface area contributed by atoms with Gasteiger partial charge in [0.2, 0.25) is 10.0 Å². The Kier molecular flexibility index (Phi) is 5.26. The Morgan fingerprint density at radius 2 is 1.83 bits per heavy atom. The second-order valence-corrected chi connectivity index (χ2v) is 5.59. The summed E-state index contributed by atoms with van der Waals surface area (Å²) in [6, 6.07) is 7.00. The van der Waals surface area contributed by atoms with E-state index in [1.165, 1.54) is 0 Å². The molecule has 0 saturated carbocycles. The highest BCUT2D eigenvalue weighted by molar-refractivity contribution is 7.89. The van der Waals surface area contributed by atoms with Crippen LogP contribution in [0, 0.1) is 0 Å². The first-order chi connectivity index (χ1) is 8.42. The molecule has 7 heteroatoms. The summed E-state index contributed by atoms with van der Waals surface area (Å²) in [6.45, 7) is 0.558. The van der Waals surface area contributed by atoms with Crippen molar-refractivity contribution in [1.29, 1.82) is 0 Å². The van der Waals surface area contributed by atoms with E-state index < -0.39 is 10.0 Å². The first-order valence-corrected chi connectivity index (χ1v) is 7.21. The maximum Gasteiger partial charge on any atom is 0.251 e. The molecule has 5 N–H and O–H groups in total. The molecule has 1 amide bonds. The quantitative estimate of drug-likeness (QED) is 0.628. The standard InChI is InChI=1S/C11H17N3O3S/c12-6-5-9-1-3-10(4-2-9)11(15)14-7-8-18(13,16)17/h1-4H,5-8,12H2,(H,14,15)(H2,13,16,17). The normalized spacial score (nSPS) is 11.2. The number of carbonyl (C=O) groups is 1. The number of rotatable bonds is 6. The summed E-state index contributed by atoms with van der Waals surface area (Å²) < 4.78 is 21.4. The van der Waals surface area contributed by atoms with E-state index in [0.29, 0.717) is 12.1 Å². The van der Waals surface area contributed by atoms with Gasteiger partial charge in [0, 0.05) is 12.1 Å². The molecule has 18 heavy (non-hydrogen) atoms. The van der Waals surface area contributed by atoms with Gasteiger partial charge in [-0.15, -0.1) is 0 Å². The smallest absolute Gasteiger partial charge is 0.251 e. The van der Waals surface area contributed by atoms with Crippen molar-refractivity contribution in [1.82, 2.24) is 5.32 Å². The number of nitrogens with one attached hydrogen (secondary N) is 1. The van der Waals surface area contributed by atoms with Gasteiger partial charge in [-0.05, 0) is 30.7 Å². The number of benzene rings is 1. The van der Waals surface area contributed by atoms with Gasteiger partial charge >= 0.3 is 0 Å². The Morgan fingerprint density at radius 1 is 1.22 bits per heavy atom. The van der Waals surface area contributed by atoms with Gasteiger partial charge in [0.15, 0.2) is 0 Å². The zero-order valence-corrected chi connectivity index (χ0v) is 10.7. The molecule has 0 radical (unpaired) electrons. The fraction of sp³-hybridized carbons (Fsp3) is 0.364. The lowest BCUT2D eigenvalue weighted by Crippen LogP contribution is -2.31. The third kappa shape index (κ3) is 5.26. The third-order valence-corrected chi connectivity index (χ3v) is 3.09. The maximum atomic E-state index is 11.6. The van der Waals surface area contributed by atoms with E-state index in [1.807, 2.05) is 12.1 Å². The molecule has 1 aromatic rings. The minimum atomic E-state index is -3.54. The third-order valence-electron chi connectivity index (χ3n) is 2.32. The highest BCUT2D eigenvalue weighted by Gasteiger charge is 2.07. The molecule has 6 nitrogen and oxygen atoms in total. The van der Waals surface area contributed by atoms with Crippen molar-refractivity contribution >= 4 is 15.9 Å². The SMILES string of the molecule is NCCc1ccc(C(=O)NCCS(N)(=O)=O)cc1. The van der Waals surface area contributed by atoms with Gasteiger partial charge in [0.1, 0.15) is 0 Å². The summed E-state index contributed by atoms with van der Waals surface area (Å²) in [5, 5.41) is 7.31. The van der Waals surface area contributed by atoms with Crippen molar-refractivity contribution in [3.63, 3.8) is 0 Å². The van der Waals surface area contributed by atoms with E-state index in [-0.39, 0.29) is 18.2 Å². The number of nitrogens with two attached hydrogens (primary N) is 2. The number of sulfonamides is 1. The molecule has 0 saturated heterocycles. The van der Waals surface area contributed by atoms with Gasteiger partial charge < -0.3 is 11.1 Å². The molecule has 0 aliphatic heterocycles. The van der Waals surface area contributed by atoms with E-state index in [4.69, 9.17) is 10.9 Å². The van der Waals surface area contributed by atoms with Crippen molar-refractivity contribution in [2.75, 3.05) is 18.8 Å². The van der Waals surface area contributed by atoms with Gasteiger partial charge in [-0.2, -0.15) is 0 Å². The summed E-state index contributed by atoms with van der Waals surface area (Å²) in [5.41, 5.74) is 6.95. The average molecular weight is 271 g/mol. The van der Waals surface area contributed by atoms with E-state index in [0.717, 1.165) is 12.0 Å². The summed E-state index contributed by atoms with van der Waals surface area (Å²) in [6.07, 6.45) is 0.757. The molecule has 0 bridgehead atoms. The summed E-state index contributed by atoms with van der Waals surface area (Å²) in [4.78, 5) is 11.6. The van der Waals surface area contributed by atoms with Crippen LogP contribution in [0.1, 0.15) is 15.9 Å². The van der Waals surface area contributed by atoms with Crippen LogP contribution in [-0.4, -0.2) is 33.2 Å². The van der Waals surface area contributed by atoms with Crippen LogP contribution in [0.25, 0.3) is 0 Å². The Morgan fingerprint density at radius 3 is 2.33 bits per heavy atom. The van der Waals surface area contributed by atoms with Crippen LogP contribution in [0.5, 0.6) is 0 Å². The molecular formula is C11H17N3O3S. The van der Waals surface area contributed by atoms with Crippen molar-refractivity contribution in [2.45, 2.75) is 6.42 Å². The fourth-order valence-electron chi connectivity index (χ4n) is 1.40. The fourth-order valence-corrected chi connectivity index (χ4v) is 1.78. The molecule has 0 spiro atoms. The van der Waals surface area contributed by atoms with Gasteiger partial charge in [-0.3, -0.25) is 4.79 Å². The molecular weight excluding hydrogens is 254 g/mol. The topological polar surface area (TPSA) is 115 Å². The average Bonchev–Trinajstić information content (AvgIpc) is 2.28. The molecule has 0 heterocycles. The minimum absolute atomic E-state index is 0.00220. The number of primary sulfonamides is 1. The van der Waals surface area contributed by atoms with Crippen LogP contribution in [-0.2, 0) is 16.4 Å². The molecule has 1 aromatic carbocycles. The predicted molar refractivity (Wildman–Crippen MR) is 69.5 cm³/mol. The molecule has 1 rings (SSSR count). The van der Waals surface area contributed by atoms with Gasteiger partial charge in [0.25, 0.3) is 5.91 Å². The lowest BCUT2D eigenvalue weighted by Gasteiger charge is -2.05. The number of hydrogen-bond acceptors (Lipinski definition) is 4. The summed E-state index contributed by atoms with van der Waals surface area (Å²) >= 11 is 0. The van der Waals surface area contributed by atoms with Crippen LogP contribution in [0.3, 0.4) is 0 Å². The summed E-state index contributed by atoms with van der Waals surface area (Å²) in [7, 11) is -3.54. The summed E-state index contributed by atoms with van der Waals surface area (Å²) in [5.74, 6) is -0.595. The van der Waals surface area contributed by atoms with E-state index in [9.17, 15) is 13.2 Å². The Labute approximate surface area is 106 Å². The van der Waals surface area contributed by atoms with Gasteiger partial charge in [0.05, 0.1) is 5.75 Å². The predicted octanol–water partition coefficient (Wildman–Crippen LogP) is -0.794. The molecule has 0 fully saturated rings. The van der Waals surface area contributed by atoms with E-state index in [1.54, 1.807) is 12.1 Å². The number of amides is 1. The molecule has 0 aliphatic carbocycles. The lowest BCUT2D eigenvalue weighted by atomic mass is 10.1. The molecule has 0 unspecified atom stereocenters. The second-order valence-electron chi connectivity index (χ2n) is 3.86. The first kappa shape index (κ1) is 14.6. The van der Waals surface area contributed by atoms with Crippen molar-refractivity contribution in [3.8, 4) is 0 Å². The molecule has 0 aliphatic rings. The molecule has 100 valence electrons. The van der Waals surface area contributed by atoms with Gasteiger partial charge in [-0.25, -0.2) is 13.6 Å². The number of carbonyl (C=O) groups excluding carboxylic acids is 1. The highest BCUT2D eigenvalue weighted by atomic mass is 32.2. The van der Waals surface area contributed by atoms with Crippen LogP contribution in [0.2, 0.25) is 0 Å². The van der Waals surface area contributed by atoms with E-state index in [2.05, 4.69) is 5.32 Å². The Balaban J connectivity index is 2.51. The van der Waals surface area contributed by atoms with Crippen LogP contribution >= 0.6 is 0 Å². The number of hydrogen-bond donors (Lipinski definition) is 3. The van der Waals surface area contributed by atoms with Gasteiger partial charge in [-0.1, -0.05) is 12.1 Å². The Hall–Kier alpha value is -1.44. The van der Waals surface area contributed by atoms with Crippen molar-refractivity contribution in [3.05, 3.63) is 35.4 Å². The maximum absolute atomic E-state index is 11.6. The minimum Gasteiger partial charge on any atom is -0.351 e. The lowest BCUT2D eigenvalue weighted by molar-refractivity contribution is 0.0956. The Bertz CT molecular complexity index is 497. The van der Waals surface area contributed by atoms with E-state index >= 15 is 0 Å². The van der Waals surface area contributed by atoms with Crippen molar-refractivity contribution < 1.29 is 13.2 Å². The monoisotopic (exact) mass is 271 g/mol. The zero-order valence-electron chi connectivity index (χ0n) is 9.93. The first-order valence-electron chi connectivity index (χ1n) is 5.50. The van der Waals surface area contributed by atoms with Crippen LogP contribution in [0.15, 0.2) is 24.3 Å².